The van der Waals surface area contributed by atoms with Crippen LogP contribution in [0.1, 0.15) is 66.7 Å². The predicted octanol–water partition coefficient (Wildman–Crippen LogP) is 2.10. The molecule has 0 spiro atoms. The standard InChI is InChI=1S/C18H32O5.C2H6/c1-4-6-7-13(10-12(3)5-2)8-9-14-16(20)18(22)17(21)15(11-19)23-14;1-2/h12-22H,4-7,10-11H2,1-3H3;1-2H3/t12?,13?,14?,15?,16?,17-,18?;/m1./s1. The van der Waals surface area contributed by atoms with Gasteiger partial charge in [-0.2, -0.15) is 0 Å². The Morgan fingerprint density at radius 1 is 1.04 bits per heavy atom. The fraction of sp³-hybridized carbons (Fsp3) is 0.900. The summed E-state index contributed by atoms with van der Waals surface area (Å²) in [5.74, 6) is 6.93. The Balaban J connectivity index is 0.00000277. The molecule has 5 nitrogen and oxygen atoms in total. The second-order valence-corrected chi connectivity index (χ2v) is 6.63. The average molecular weight is 359 g/mol. The smallest absolute Gasteiger partial charge is 0.147 e. The fourth-order valence-electron chi connectivity index (χ4n) is 2.77. The summed E-state index contributed by atoms with van der Waals surface area (Å²) in [7, 11) is 0. The molecule has 25 heavy (non-hydrogen) atoms. The minimum absolute atomic E-state index is 0.234. The molecule has 0 bridgehead atoms. The van der Waals surface area contributed by atoms with Crippen molar-refractivity contribution < 1.29 is 25.2 Å². The molecule has 1 rings (SSSR count). The van der Waals surface area contributed by atoms with E-state index in [0.717, 1.165) is 32.1 Å². The van der Waals surface area contributed by atoms with Crippen molar-refractivity contribution in [3.05, 3.63) is 0 Å². The van der Waals surface area contributed by atoms with Gasteiger partial charge in [0.2, 0.25) is 0 Å². The molecular weight excluding hydrogens is 320 g/mol. The van der Waals surface area contributed by atoms with E-state index < -0.39 is 37.1 Å². The highest BCUT2D eigenvalue weighted by atomic mass is 16.5. The zero-order chi connectivity index (χ0) is 19.4. The van der Waals surface area contributed by atoms with Crippen LogP contribution in [0.15, 0.2) is 0 Å². The fourth-order valence-corrected chi connectivity index (χ4v) is 2.77. The highest BCUT2D eigenvalue weighted by Gasteiger charge is 2.42. The first-order valence-corrected chi connectivity index (χ1v) is 9.76. The normalized spacial score (nSPS) is 31.2. The Hall–Kier alpha value is -0.640. The Bertz CT molecular complexity index is 387. The molecule has 0 radical (unpaired) electrons. The van der Waals surface area contributed by atoms with Gasteiger partial charge in [-0.05, 0) is 18.8 Å². The number of unbranched alkanes of at least 4 members (excludes halogenated alkanes) is 1. The molecule has 1 saturated heterocycles. The molecule has 0 aromatic heterocycles. The third-order valence-corrected chi connectivity index (χ3v) is 4.61. The van der Waals surface area contributed by atoms with Crippen LogP contribution in [0.5, 0.6) is 0 Å². The van der Waals surface area contributed by atoms with Gasteiger partial charge in [0.1, 0.15) is 30.5 Å². The molecule has 0 amide bonds. The summed E-state index contributed by atoms with van der Waals surface area (Å²) in [6, 6.07) is 0. The van der Waals surface area contributed by atoms with E-state index in [1.54, 1.807) is 0 Å². The van der Waals surface area contributed by atoms with E-state index in [-0.39, 0.29) is 5.92 Å². The van der Waals surface area contributed by atoms with Gasteiger partial charge in [-0.1, -0.05) is 65.7 Å². The summed E-state index contributed by atoms with van der Waals surface area (Å²) in [4.78, 5) is 0. The van der Waals surface area contributed by atoms with Gasteiger partial charge in [0, 0.05) is 5.92 Å². The molecule has 6 unspecified atom stereocenters. The summed E-state index contributed by atoms with van der Waals surface area (Å²) < 4.78 is 5.43. The van der Waals surface area contributed by atoms with Gasteiger partial charge in [0.05, 0.1) is 6.61 Å². The van der Waals surface area contributed by atoms with Gasteiger partial charge >= 0.3 is 0 Å². The van der Waals surface area contributed by atoms with Gasteiger partial charge in [-0.15, -0.1) is 0 Å². The van der Waals surface area contributed by atoms with Crippen LogP contribution in [0, 0.1) is 23.7 Å². The van der Waals surface area contributed by atoms with Crippen molar-refractivity contribution in [2.24, 2.45) is 11.8 Å². The van der Waals surface area contributed by atoms with Crippen molar-refractivity contribution in [2.75, 3.05) is 6.61 Å². The molecular formula is C20H38O5. The second kappa shape index (κ2) is 13.5. The van der Waals surface area contributed by atoms with Crippen LogP contribution < -0.4 is 0 Å². The quantitative estimate of drug-likeness (QED) is 0.523. The maximum absolute atomic E-state index is 10.0. The minimum atomic E-state index is -1.36. The van der Waals surface area contributed by atoms with E-state index in [0.29, 0.717) is 5.92 Å². The summed E-state index contributed by atoms with van der Waals surface area (Å²) in [6.07, 6.45) is -0.411. The Kier molecular flexibility index (Phi) is 13.2. The number of aliphatic hydroxyl groups is 4. The summed E-state index contributed by atoms with van der Waals surface area (Å²) in [5, 5.41) is 38.8. The van der Waals surface area contributed by atoms with Crippen LogP contribution in [0.4, 0.5) is 0 Å². The number of hydrogen-bond acceptors (Lipinski definition) is 5. The number of hydrogen-bond donors (Lipinski definition) is 4. The monoisotopic (exact) mass is 358 g/mol. The van der Waals surface area contributed by atoms with Crippen molar-refractivity contribution in [1.29, 1.82) is 0 Å². The summed E-state index contributed by atoms with van der Waals surface area (Å²) in [6.45, 7) is 10.1. The molecule has 1 heterocycles. The van der Waals surface area contributed by atoms with Crippen molar-refractivity contribution in [1.82, 2.24) is 0 Å². The van der Waals surface area contributed by atoms with Crippen LogP contribution in [0.3, 0.4) is 0 Å². The molecule has 5 heteroatoms. The highest BCUT2D eigenvalue weighted by molar-refractivity contribution is 5.14. The number of aliphatic hydroxyl groups excluding tert-OH is 4. The molecule has 0 aromatic carbocycles. The van der Waals surface area contributed by atoms with Crippen LogP contribution in [-0.2, 0) is 4.74 Å². The van der Waals surface area contributed by atoms with E-state index in [1.807, 2.05) is 13.8 Å². The molecule has 4 N–H and O–H groups in total. The van der Waals surface area contributed by atoms with E-state index in [4.69, 9.17) is 4.74 Å². The lowest BCUT2D eigenvalue weighted by Gasteiger charge is -2.38. The lowest BCUT2D eigenvalue weighted by molar-refractivity contribution is -0.214. The Labute approximate surface area is 153 Å². The third kappa shape index (κ3) is 8.06. The van der Waals surface area contributed by atoms with Crippen molar-refractivity contribution in [3.8, 4) is 11.8 Å². The Morgan fingerprint density at radius 2 is 1.68 bits per heavy atom. The van der Waals surface area contributed by atoms with E-state index in [1.165, 1.54) is 0 Å². The predicted molar refractivity (Wildman–Crippen MR) is 100.0 cm³/mol. The van der Waals surface area contributed by atoms with Crippen molar-refractivity contribution >= 4 is 0 Å². The van der Waals surface area contributed by atoms with E-state index in [2.05, 4.69) is 32.6 Å². The average Bonchev–Trinajstić information content (AvgIpc) is 2.64. The van der Waals surface area contributed by atoms with Crippen molar-refractivity contribution in [3.63, 3.8) is 0 Å². The molecule has 0 aromatic rings. The van der Waals surface area contributed by atoms with Gasteiger partial charge in [0.25, 0.3) is 0 Å². The molecule has 1 fully saturated rings. The number of rotatable bonds is 7. The third-order valence-electron chi connectivity index (χ3n) is 4.61. The topological polar surface area (TPSA) is 90.2 Å². The first-order chi connectivity index (χ1) is 11.9. The maximum atomic E-state index is 10.0. The Morgan fingerprint density at radius 3 is 2.20 bits per heavy atom. The van der Waals surface area contributed by atoms with Crippen LogP contribution in [0.2, 0.25) is 0 Å². The van der Waals surface area contributed by atoms with Gasteiger partial charge in [-0.25, -0.2) is 0 Å². The van der Waals surface area contributed by atoms with E-state index >= 15 is 0 Å². The second-order valence-electron chi connectivity index (χ2n) is 6.63. The molecule has 7 atom stereocenters. The molecule has 0 saturated carbocycles. The lowest BCUT2D eigenvalue weighted by Crippen LogP contribution is -2.58. The largest absolute Gasteiger partial charge is 0.394 e. The molecule has 1 aliphatic rings. The lowest BCUT2D eigenvalue weighted by atomic mass is 9.89. The first kappa shape index (κ1) is 24.4. The zero-order valence-corrected chi connectivity index (χ0v) is 16.5. The SMILES string of the molecule is CC.CCCCC(C#CC1OC(CO)[C@@H](O)C(O)C1O)CC(C)CC. The van der Waals surface area contributed by atoms with Crippen LogP contribution in [0.25, 0.3) is 0 Å². The van der Waals surface area contributed by atoms with Gasteiger partial charge < -0.3 is 25.2 Å². The highest BCUT2D eigenvalue weighted by Crippen LogP contribution is 2.23. The maximum Gasteiger partial charge on any atom is 0.147 e. The zero-order valence-electron chi connectivity index (χ0n) is 16.5. The van der Waals surface area contributed by atoms with Crippen LogP contribution >= 0.6 is 0 Å². The van der Waals surface area contributed by atoms with E-state index in [9.17, 15) is 20.4 Å². The minimum Gasteiger partial charge on any atom is -0.394 e. The van der Waals surface area contributed by atoms with Gasteiger partial charge in [-0.3, -0.25) is 0 Å². The first-order valence-electron chi connectivity index (χ1n) is 9.76. The van der Waals surface area contributed by atoms with Crippen LogP contribution in [-0.4, -0.2) is 57.6 Å². The number of ether oxygens (including phenoxy) is 1. The van der Waals surface area contributed by atoms with Gasteiger partial charge in [0.15, 0.2) is 0 Å². The van der Waals surface area contributed by atoms with Crippen molar-refractivity contribution in [2.45, 2.75) is 97.2 Å². The summed E-state index contributed by atoms with van der Waals surface area (Å²) in [5.41, 5.74) is 0. The molecule has 0 aliphatic carbocycles. The molecule has 1 aliphatic heterocycles. The summed E-state index contributed by atoms with van der Waals surface area (Å²) >= 11 is 0. The molecule has 148 valence electrons.